The summed E-state index contributed by atoms with van der Waals surface area (Å²) in [5.41, 5.74) is 0.848. The van der Waals surface area contributed by atoms with E-state index in [1.165, 1.54) is 25.3 Å². The number of rotatable bonds is 5. The number of benzene rings is 2. The molecular formula is C16H13ClF2N2O4. The van der Waals surface area contributed by atoms with Gasteiger partial charge in [-0.3, -0.25) is 4.79 Å². The van der Waals surface area contributed by atoms with Crippen LogP contribution in [0.25, 0.3) is 0 Å². The van der Waals surface area contributed by atoms with Gasteiger partial charge in [0.25, 0.3) is 0 Å². The Labute approximate surface area is 146 Å². The minimum atomic E-state index is -3.68. The second-order valence-corrected chi connectivity index (χ2v) is 5.51. The van der Waals surface area contributed by atoms with Crippen LogP contribution in [0.1, 0.15) is 0 Å². The number of methoxy groups -OCH3 is 1. The molecule has 2 aromatic carbocycles. The largest absolute Gasteiger partial charge is 0.586 e. The van der Waals surface area contributed by atoms with Crippen molar-refractivity contribution >= 4 is 28.9 Å². The number of nitrogens with one attached hydrogen (secondary N) is 2. The Morgan fingerprint density at radius 1 is 1.20 bits per heavy atom. The van der Waals surface area contributed by atoms with Crippen molar-refractivity contribution < 1.29 is 27.8 Å². The number of fused-ring (bicyclic) bond motifs is 1. The lowest BCUT2D eigenvalue weighted by Gasteiger charge is -2.11. The van der Waals surface area contributed by atoms with Crippen molar-refractivity contribution in [3.05, 3.63) is 41.4 Å². The lowest BCUT2D eigenvalue weighted by molar-refractivity contribution is -0.286. The number of anilines is 2. The molecular weight excluding hydrogens is 358 g/mol. The average molecular weight is 371 g/mol. The summed E-state index contributed by atoms with van der Waals surface area (Å²) in [5, 5.41) is 5.90. The van der Waals surface area contributed by atoms with E-state index in [9.17, 15) is 13.6 Å². The number of hydrogen-bond donors (Lipinski definition) is 2. The number of alkyl halides is 2. The summed E-state index contributed by atoms with van der Waals surface area (Å²) in [5.74, 6) is -0.0813. The smallest absolute Gasteiger partial charge is 0.495 e. The number of hydrogen-bond acceptors (Lipinski definition) is 5. The third kappa shape index (κ3) is 4.03. The number of ether oxygens (including phenoxy) is 3. The minimum Gasteiger partial charge on any atom is -0.495 e. The third-order valence-electron chi connectivity index (χ3n) is 3.29. The highest BCUT2D eigenvalue weighted by Gasteiger charge is 2.43. The quantitative estimate of drug-likeness (QED) is 0.839. The van der Waals surface area contributed by atoms with Gasteiger partial charge in [0.15, 0.2) is 11.5 Å². The molecule has 0 aliphatic carbocycles. The maximum Gasteiger partial charge on any atom is 0.586 e. The van der Waals surface area contributed by atoms with Crippen molar-refractivity contribution in [1.29, 1.82) is 0 Å². The number of halogens is 3. The van der Waals surface area contributed by atoms with E-state index < -0.39 is 6.29 Å². The zero-order valence-corrected chi connectivity index (χ0v) is 13.7. The van der Waals surface area contributed by atoms with Crippen LogP contribution in [0.3, 0.4) is 0 Å². The van der Waals surface area contributed by atoms with Gasteiger partial charge in [-0.15, -0.1) is 8.78 Å². The maximum absolute atomic E-state index is 13.0. The topological polar surface area (TPSA) is 68.8 Å². The van der Waals surface area contributed by atoms with E-state index in [0.29, 0.717) is 22.1 Å². The molecule has 0 aromatic heterocycles. The van der Waals surface area contributed by atoms with Crippen molar-refractivity contribution in [3.63, 3.8) is 0 Å². The second-order valence-electron chi connectivity index (χ2n) is 5.08. The second kappa shape index (κ2) is 6.64. The van der Waals surface area contributed by atoms with Crippen molar-refractivity contribution in [2.75, 3.05) is 24.3 Å². The molecule has 2 N–H and O–H groups in total. The minimum absolute atomic E-state index is 0.0661. The first kappa shape index (κ1) is 17.1. The fourth-order valence-electron chi connectivity index (χ4n) is 2.21. The summed E-state index contributed by atoms with van der Waals surface area (Å²) in [6.45, 7) is -0.105. The molecule has 9 heteroatoms. The molecule has 1 aliphatic rings. The van der Waals surface area contributed by atoms with E-state index in [1.807, 2.05) is 0 Å². The molecule has 0 saturated carbocycles. The van der Waals surface area contributed by atoms with Gasteiger partial charge >= 0.3 is 6.29 Å². The summed E-state index contributed by atoms with van der Waals surface area (Å²) in [7, 11) is 1.47. The predicted molar refractivity (Wildman–Crippen MR) is 87.8 cm³/mol. The first-order valence-corrected chi connectivity index (χ1v) is 7.51. The van der Waals surface area contributed by atoms with E-state index in [-0.39, 0.29) is 24.0 Å². The fourth-order valence-corrected chi connectivity index (χ4v) is 2.39. The van der Waals surface area contributed by atoms with Crippen LogP contribution in [0.4, 0.5) is 20.2 Å². The predicted octanol–water partition coefficient (Wildman–Crippen LogP) is 3.72. The third-order valence-corrected chi connectivity index (χ3v) is 3.53. The van der Waals surface area contributed by atoms with E-state index >= 15 is 0 Å². The highest BCUT2D eigenvalue weighted by atomic mass is 35.5. The van der Waals surface area contributed by atoms with Gasteiger partial charge < -0.3 is 24.8 Å². The Morgan fingerprint density at radius 2 is 1.96 bits per heavy atom. The molecule has 6 nitrogen and oxygen atoms in total. The highest BCUT2D eigenvalue weighted by molar-refractivity contribution is 6.31. The molecule has 0 radical (unpaired) electrons. The van der Waals surface area contributed by atoms with Gasteiger partial charge in [0.05, 0.1) is 19.3 Å². The number of carbonyl (C=O) groups is 1. The summed E-state index contributed by atoms with van der Waals surface area (Å²) >= 11 is 5.90. The van der Waals surface area contributed by atoms with Crippen molar-refractivity contribution in [2.45, 2.75) is 6.29 Å². The molecule has 0 saturated heterocycles. The number of carbonyl (C=O) groups excluding carboxylic acids is 1. The Hall–Kier alpha value is -2.74. The molecule has 0 atom stereocenters. The lowest BCUT2D eigenvalue weighted by Crippen LogP contribution is -2.25. The molecule has 0 bridgehead atoms. The Morgan fingerprint density at radius 3 is 2.72 bits per heavy atom. The lowest BCUT2D eigenvalue weighted by atomic mass is 10.2. The van der Waals surface area contributed by atoms with Crippen LogP contribution in [0.2, 0.25) is 5.02 Å². The first-order valence-electron chi connectivity index (χ1n) is 7.13. The molecule has 1 aliphatic heterocycles. The van der Waals surface area contributed by atoms with Crippen LogP contribution in [0, 0.1) is 0 Å². The van der Waals surface area contributed by atoms with Crippen LogP contribution in [0.15, 0.2) is 36.4 Å². The molecule has 2 aromatic rings. The normalized spacial score (nSPS) is 14.1. The zero-order valence-electron chi connectivity index (χ0n) is 12.9. The average Bonchev–Trinajstić information content (AvgIpc) is 2.86. The molecule has 1 heterocycles. The molecule has 0 spiro atoms. The molecule has 0 fully saturated rings. The maximum atomic E-state index is 13.0. The van der Waals surface area contributed by atoms with Gasteiger partial charge in [-0.05, 0) is 30.3 Å². The zero-order chi connectivity index (χ0) is 18.0. The van der Waals surface area contributed by atoms with E-state index in [0.717, 1.165) is 0 Å². The molecule has 0 unspecified atom stereocenters. The Bertz CT molecular complexity index is 817. The van der Waals surface area contributed by atoms with E-state index in [2.05, 4.69) is 20.1 Å². The van der Waals surface area contributed by atoms with Gasteiger partial charge in [0.1, 0.15) is 5.75 Å². The SMILES string of the molecule is COc1ccc(Cl)cc1NC(=O)CNc1ccc2c(c1)OC(F)(F)O2. The van der Waals surface area contributed by atoms with Gasteiger partial charge in [-0.2, -0.15) is 0 Å². The van der Waals surface area contributed by atoms with Crippen molar-refractivity contribution in [3.8, 4) is 17.2 Å². The van der Waals surface area contributed by atoms with Crippen molar-refractivity contribution in [1.82, 2.24) is 0 Å². The summed E-state index contributed by atoms with van der Waals surface area (Å²) < 4.78 is 39.7. The van der Waals surface area contributed by atoms with Gasteiger partial charge in [-0.1, -0.05) is 11.6 Å². The highest BCUT2D eigenvalue weighted by Crippen LogP contribution is 2.42. The number of amides is 1. The van der Waals surface area contributed by atoms with Crippen LogP contribution in [-0.2, 0) is 4.79 Å². The Kier molecular flexibility index (Phi) is 4.54. The van der Waals surface area contributed by atoms with Crippen molar-refractivity contribution in [2.24, 2.45) is 0 Å². The van der Waals surface area contributed by atoms with Crippen LogP contribution in [-0.4, -0.2) is 25.9 Å². The molecule has 132 valence electrons. The van der Waals surface area contributed by atoms with Gasteiger partial charge in [-0.25, -0.2) is 0 Å². The van der Waals surface area contributed by atoms with Crippen LogP contribution >= 0.6 is 11.6 Å². The van der Waals surface area contributed by atoms with Crippen LogP contribution in [0.5, 0.6) is 17.2 Å². The van der Waals surface area contributed by atoms with E-state index in [1.54, 1.807) is 18.2 Å². The Balaban J connectivity index is 1.61. The van der Waals surface area contributed by atoms with E-state index in [4.69, 9.17) is 16.3 Å². The summed E-state index contributed by atoms with van der Waals surface area (Å²) in [6.07, 6.45) is -3.68. The monoisotopic (exact) mass is 370 g/mol. The molecule has 3 rings (SSSR count). The standard InChI is InChI=1S/C16H13ClF2N2O4/c1-23-12-4-2-9(17)6-11(12)21-15(22)8-20-10-3-5-13-14(7-10)25-16(18,19)24-13/h2-7,20H,8H2,1H3,(H,21,22). The molecule has 1 amide bonds. The first-order chi connectivity index (χ1) is 11.9. The summed E-state index contributed by atoms with van der Waals surface area (Å²) in [6, 6.07) is 8.97. The van der Waals surface area contributed by atoms with Gasteiger partial charge in [0.2, 0.25) is 5.91 Å². The van der Waals surface area contributed by atoms with Crippen LogP contribution < -0.4 is 24.8 Å². The summed E-state index contributed by atoms with van der Waals surface area (Å²) in [4.78, 5) is 12.1. The fraction of sp³-hybridized carbons (Fsp3) is 0.188. The molecule has 25 heavy (non-hydrogen) atoms. The van der Waals surface area contributed by atoms with Gasteiger partial charge in [0, 0.05) is 16.8 Å².